The van der Waals surface area contributed by atoms with E-state index in [9.17, 15) is 0 Å². The van der Waals surface area contributed by atoms with Crippen LogP contribution in [0.15, 0.2) is 30.3 Å². The monoisotopic (exact) mass is 446 g/mol. The maximum atomic E-state index is 8.63. The van der Waals surface area contributed by atoms with Gasteiger partial charge in [-0.05, 0) is 39.1 Å². The van der Waals surface area contributed by atoms with Crippen LogP contribution in [0.25, 0.3) is 0 Å². The number of nitrogens with one attached hydrogen (secondary N) is 1. The Labute approximate surface area is 186 Å². The molecule has 1 rings (SSSR count). The first-order valence-electron chi connectivity index (χ1n) is 11.2. The van der Waals surface area contributed by atoms with Crippen molar-refractivity contribution in [3.8, 4) is 0 Å². The van der Waals surface area contributed by atoms with E-state index in [1.54, 1.807) is 0 Å². The molecule has 6 nitrogen and oxygen atoms in total. The summed E-state index contributed by atoms with van der Waals surface area (Å²) in [6, 6.07) is 10.9. The summed E-state index contributed by atoms with van der Waals surface area (Å²) < 4.78 is 33.8. The van der Waals surface area contributed by atoms with Crippen molar-refractivity contribution < 1.29 is 17.5 Å². The molecule has 178 valence electrons. The van der Waals surface area contributed by atoms with Crippen LogP contribution < -0.4 is 9.80 Å². The van der Waals surface area contributed by atoms with Gasteiger partial charge in [-0.25, -0.2) is 8.42 Å². The molecule has 0 bridgehead atoms. The van der Waals surface area contributed by atoms with E-state index in [0.29, 0.717) is 0 Å². The molecule has 0 amide bonds. The van der Waals surface area contributed by atoms with Crippen LogP contribution in [0.5, 0.6) is 0 Å². The van der Waals surface area contributed by atoms with Gasteiger partial charge in [0, 0.05) is 0 Å². The minimum atomic E-state index is -4.92. The molecule has 2 N–H and O–H groups in total. The number of quaternary nitrogens is 1. The zero-order valence-corrected chi connectivity index (χ0v) is 20.7. The minimum Gasteiger partial charge on any atom is -0.726 e. The second kappa shape index (κ2) is 19.9. The lowest BCUT2D eigenvalue weighted by Crippen LogP contribution is -2.41. The molecule has 7 heteroatoms. The average molecular weight is 447 g/mol. The summed E-state index contributed by atoms with van der Waals surface area (Å²) in [5.41, 5.74) is 1.43. The van der Waals surface area contributed by atoms with Crippen LogP contribution in [0.1, 0.15) is 77.6 Å². The number of benzene rings is 1. The van der Waals surface area contributed by atoms with Crippen LogP contribution in [-0.2, 0) is 10.4 Å². The maximum absolute atomic E-state index is 8.63. The lowest BCUT2D eigenvalue weighted by molar-refractivity contribution is 0.366. The van der Waals surface area contributed by atoms with Gasteiger partial charge < -0.3 is 9.87 Å². The fourth-order valence-corrected chi connectivity index (χ4v) is 3.13. The summed E-state index contributed by atoms with van der Waals surface area (Å²) in [6.45, 7) is 3.54. The molecule has 0 spiro atoms. The van der Waals surface area contributed by atoms with Gasteiger partial charge in [-0.15, -0.1) is 0 Å². The van der Waals surface area contributed by atoms with Gasteiger partial charge in [-0.2, -0.15) is 0 Å². The summed E-state index contributed by atoms with van der Waals surface area (Å²) in [5.74, 6) is 0. The molecule has 30 heavy (non-hydrogen) atoms. The third-order valence-corrected chi connectivity index (χ3v) is 4.78. The van der Waals surface area contributed by atoms with E-state index in [1.807, 2.05) is 14.1 Å². The second-order valence-corrected chi connectivity index (χ2v) is 9.06. The predicted octanol–water partition coefficient (Wildman–Crippen LogP) is 5.40. The molecular weight excluding hydrogens is 400 g/mol. The third kappa shape index (κ3) is 25.0. The fourth-order valence-electron chi connectivity index (χ4n) is 3.13. The van der Waals surface area contributed by atoms with Crippen molar-refractivity contribution in [2.45, 2.75) is 77.6 Å². The molecule has 0 saturated carbocycles. The first-order chi connectivity index (χ1) is 14.1. The molecule has 1 aromatic carbocycles. The van der Waals surface area contributed by atoms with E-state index in [-0.39, 0.29) is 0 Å². The zero-order valence-electron chi connectivity index (χ0n) is 19.9. The average Bonchev–Trinajstić information content (AvgIpc) is 2.66. The predicted molar refractivity (Wildman–Crippen MR) is 129 cm³/mol. The first-order valence-corrected chi connectivity index (χ1v) is 12.6. The van der Waals surface area contributed by atoms with Crippen molar-refractivity contribution in [3.05, 3.63) is 30.3 Å². The van der Waals surface area contributed by atoms with Crippen LogP contribution in [0.4, 0.5) is 5.69 Å². The van der Waals surface area contributed by atoms with E-state index in [4.69, 9.17) is 17.5 Å². The Morgan fingerprint density at radius 2 is 1.17 bits per heavy atom. The number of nitrogens with zero attached hydrogens (tertiary/aromatic N) is 1. The fraction of sp³-hybridized carbons (Fsp3) is 0.739. The zero-order chi connectivity index (χ0) is 23.3. The van der Waals surface area contributed by atoms with E-state index in [1.165, 1.54) is 82.9 Å². The van der Waals surface area contributed by atoms with E-state index >= 15 is 0 Å². The third-order valence-electron chi connectivity index (χ3n) is 4.78. The van der Waals surface area contributed by atoms with Gasteiger partial charge in [-0.1, -0.05) is 82.9 Å². The van der Waals surface area contributed by atoms with Crippen LogP contribution in [-0.4, -0.2) is 52.3 Å². The Bertz CT molecular complexity index is 570. The van der Waals surface area contributed by atoms with Crippen molar-refractivity contribution in [2.24, 2.45) is 0 Å². The van der Waals surface area contributed by atoms with Crippen LogP contribution in [0.3, 0.4) is 0 Å². The van der Waals surface area contributed by atoms with Crippen LogP contribution >= 0.6 is 0 Å². The van der Waals surface area contributed by atoms with Crippen molar-refractivity contribution in [1.82, 2.24) is 9.80 Å². The summed E-state index contributed by atoms with van der Waals surface area (Å²) in [5, 5.41) is 2.75. The van der Waals surface area contributed by atoms with Crippen molar-refractivity contribution in [1.29, 1.82) is 0 Å². The van der Waals surface area contributed by atoms with Gasteiger partial charge in [0.15, 0.2) is 0 Å². The maximum Gasteiger partial charge on any atom is 0.215 e. The molecule has 0 aromatic heterocycles. The Morgan fingerprint density at radius 3 is 1.53 bits per heavy atom. The number of unbranched alkanes of at least 4 members (excludes halogenated alkanes) is 10. The highest BCUT2D eigenvalue weighted by molar-refractivity contribution is 7.79. The van der Waals surface area contributed by atoms with Crippen molar-refractivity contribution in [2.75, 3.05) is 34.7 Å². The van der Waals surface area contributed by atoms with Gasteiger partial charge in [0.25, 0.3) is 0 Å². The number of para-hydroxylation sites is 1. The molecule has 0 aliphatic carbocycles. The normalized spacial score (nSPS) is 11.2. The Hall–Kier alpha value is -0.990. The standard InChI is InChI=1S/C21H38N.C2H7N.H2O4S/c1-4-5-6-7-8-9-10-11-12-13-17-20-22(2,3)21-18-15-14-16-19-21;1-3-2;1-5(2,3)4/h14-16,18-19H,4-13,17,20H2,1-3H3;3H,1-2H3;(H2,1,2,3,4)/q+1;;/p-1. The summed E-state index contributed by atoms with van der Waals surface area (Å²) in [7, 11) is 3.48. The van der Waals surface area contributed by atoms with E-state index in [0.717, 1.165) is 4.48 Å². The topological polar surface area (TPSA) is 89.5 Å². The Kier molecular flexibility index (Phi) is 20.7. The van der Waals surface area contributed by atoms with E-state index in [2.05, 4.69) is 56.7 Å². The van der Waals surface area contributed by atoms with Crippen molar-refractivity contribution in [3.63, 3.8) is 0 Å². The van der Waals surface area contributed by atoms with E-state index < -0.39 is 10.4 Å². The molecule has 0 unspecified atom stereocenters. The Morgan fingerprint density at radius 1 is 0.833 bits per heavy atom. The first kappa shape index (κ1) is 31.2. The highest BCUT2D eigenvalue weighted by atomic mass is 32.3. The number of rotatable bonds is 13. The van der Waals surface area contributed by atoms with Gasteiger partial charge in [0.05, 0.1) is 20.6 Å². The number of hydrogen-bond acceptors (Lipinski definition) is 4. The number of hydrogen-bond donors (Lipinski definition) is 2. The van der Waals surface area contributed by atoms with Gasteiger partial charge in [-0.3, -0.25) is 9.04 Å². The highest BCUT2D eigenvalue weighted by Gasteiger charge is 2.17. The minimum absolute atomic E-state index is 1.01. The van der Waals surface area contributed by atoms with Gasteiger partial charge in [0.1, 0.15) is 5.69 Å². The van der Waals surface area contributed by atoms with Gasteiger partial charge >= 0.3 is 0 Å². The second-order valence-electron chi connectivity index (χ2n) is 8.21. The summed E-state index contributed by atoms with van der Waals surface area (Å²) in [6.07, 6.45) is 15.6. The molecule has 0 heterocycles. The SMILES string of the molecule is CCCCCCCCCCCCC[N+](C)(C)c1ccccc1.CNC.O=S(=O)([O-])O. The molecule has 0 aliphatic heterocycles. The molecule has 1 aromatic rings. The van der Waals surface area contributed by atoms with Crippen molar-refractivity contribution >= 4 is 16.1 Å². The molecule has 0 aliphatic rings. The lowest BCUT2D eigenvalue weighted by atomic mass is 10.1. The van der Waals surface area contributed by atoms with Gasteiger partial charge in [0.2, 0.25) is 10.4 Å². The largest absolute Gasteiger partial charge is 0.726 e. The molecule has 0 fully saturated rings. The molecular formula is C23H46N2O4S. The van der Waals surface area contributed by atoms with Crippen LogP contribution in [0.2, 0.25) is 0 Å². The van der Waals surface area contributed by atoms with Crippen LogP contribution in [0, 0.1) is 0 Å². The highest BCUT2D eigenvalue weighted by Crippen LogP contribution is 2.19. The summed E-state index contributed by atoms with van der Waals surface area (Å²) in [4.78, 5) is 0. The summed E-state index contributed by atoms with van der Waals surface area (Å²) >= 11 is 0. The molecule has 0 atom stereocenters. The molecule has 0 radical (unpaired) electrons. The Balaban J connectivity index is 0. The smallest absolute Gasteiger partial charge is 0.215 e. The quantitative estimate of drug-likeness (QED) is 0.183. The lowest BCUT2D eigenvalue weighted by Gasteiger charge is -2.29. The molecule has 0 saturated heterocycles.